The minimum atomic E-state index is -4.57. The zero-order valence-electron chi connectivity index (χ0n) is 15.0. The molecular formula is C20H18ClF3N4. The van der Waals surface area contributed by atoms with Crippen molar-refractivity contribution >= 4 is 28.3 Å². The highest BCUT2D eigenvalue weighted by Gasteiger charge is 2.36. The van der Waals surface area contributed by atoms with Crippen molar-refractivity contribution in [3.63, 3.8) is 0 Å². The van der Waals surface area contributed by atoms with Gasteiger partial charge in [-0.3, -0.25) is 4.90 Å². The van der Waals surface area contributed by atoms with E-state index in [4.69, 9.17) is 11.6 Å². The zero-order chi connectivity index (χ0) is 19.7. The number of piperazine rings is 1. The summed E-state index contributed by atoms with van der Waals surface area (Å²) in [6, 6.07) is 14.5. The van der Waals surface area contributed by atoms with Crippen LogP contribution in [0.25, 0.3) is 10.9 Å². The monoisotopic (exact) mass is 406 g/mol. The van der Waals surface area contributed by atoms with E-state index in [9.17, 15) is 13.2 Å². The average molecular weight is 407 g/mol. The van der Waals surface area contributed by atoms with E-state index in [2.05, 4.69) is 14.9 Å². The van der Waals surface area contributed by atoms with Crippen molar-refractivity contribution in [2.75, 3.05) is 31.1 Å². The molecule has 1 fully saturated rings. The minimum absolute atomic E-state index is 0.309. The first-order valence-corrected chi connectivity index (χ1v) is 9.34. The van der Waals surface area contributed by atoms with Crippen LogP contribution in [0.5, 0.6) is 0 Å². The second kappa shape index (κ2) is 7.56. The summed E-state index contributed by atoms with van der Waals surface area (Å²) in [7, 11) is 0. The van der Waals surface area contributed by atoms with Crippen LogP contribution in [-0.4, -0.2) is 41.0 Å². The zero-order valence-corrected chi connectivity index (χ0v) is 15.7. The lowest BCUT2D eigenvalue weighted by Crippen LogP contribution is -2.46. The molecule has 8 heteroatoms. The molecule has 28 heavy (non-hydrogen) atoms. The van der Waals surface area contributed by atoms with Crippen molar-refractivity contribution in [1.82, 2.24) is 14.9 Å². The van der Waals surface area contributed by atoms with Gasteiger partial charge in [-0.2, -0.15) is 13.2 Å². The van der Waals surface area contributed by atoms with Crippen molar-refractivity contribution < 1.29 is 13.2 Å². The third kappa shape index (κ3) is 4.05. The molecule has 1 aliphatic heterocycles. The number of alkyl halides is 3. The summed E-state index contributed by atoms with van der Waals surface area (Å²) in [5.74, 6) is -0.742. The summed E-state index contributed by atoms with van der Waals surface area (Å²) >= 11 is 5.92. The van der Waals surface area contributed by atoms with Crippen LogP contribution >= 0.6 is 11.6 Å². The maximum Gasteiger partial charge on any atom is 0.451 e. The molecule has 1 aliphatic rings. The SMILES string of the molecule is FC(F)(F)c1nc(N2CCN(Cc3ccc(Cl)cc3)CC2)c2ccccc2n1. The molecule has 0 saturated carbocycles. The molecular weight excluding hydrogens is 389 g/mol. The van der Waals surface area contributed by atoms with E-state index in [-0.39, 0.29) is 0 Å². The lowest BCUT2D eigenvalue weighted by Gasteiger charge is -2.36. The Morgan fingerprint density at radius 2 is 1.57 bits per heavy atom. The normalized spacial score (nSPS) is 15.9. The van der Waals surface area contributed by atoms with Gasteiger partial charge in [-0.05, 0) is 29.8 Å². The van der Waals surface area contributed by atoms with Gasteiger partial charge in [0.15, 0.2) is 0 Å². The van der Waals surface area contributed by atoms with E-state index in [1.54, 1.807) is 24.3 Å². The van der Waals surface area contributed by atoms with E-state index in [1.807, 2.05) is 29.2 Å². The molecule has 0 spiro atoms. The van der Waals surface area contributed by atoms with E-state index < -0.39 is 12.0 Å². The fraction of sp³-hybridized carbons (Fsp3) is 0.300. The Morgan fingerprint density at radius 3 is 2.25 bits per heavy atom. The lowest BCUT2D eigenvalue weighted by atomic mass is 10.2. The number of fused-ring (bicyclic) bond motifs is 1. The van der Waals surface area contributed by atoms with Crippen molar-refractivity contribution in [1.29, 1.82) is 0 Å². The Hall–Kier alpha value is -2.38. The fourth-order valence-corrected chi connectivity index (χ4v) is 3.52. The Labute approximate surface area is 165 Å². The van der Waals surface area contributed by atoms with Gasteiger partial charge in [-0.15, -0.1) is 0 Å². The Kier molecular flexibility index (Phi) is 5.12. The van der Waals surface area contributed by atoms with Crippen LogP contribution in [0.15, 0.2) is 48.5 Å². The van der Waals surface area contributed by atoms with Gasteiger partial charge in [0.25, 0.3) is 0 Å². The molecule has 1 aromatic heterocycles. The fourth-order valence-electron chi connectivity index (χ4n) is 3.39. The second-order valence-electron chi connectivity index (χ2n) is 6.78. The number of hydrogen-bond acceptors (Lipinski definition) is 4. The second-order valence-corrected chi connectivity index (χ2v) is 7.21. The predicted molar refractivity (Wildman–Crippen MR) is 103 cm³/mol. The molecule has 4 rings (SSSR count). The predicted octanol–water partition coefficient (Wildman–Crippen LogP) is 4.62. The smallest absolute Gasteiger partial charge is 0.353 e. The number of hydrogen-bond donors (Lipinski definition) is 0. The van der Waals surface area contributed by atoms with Crippen LogP contribution < -0.4 is 4.90 Å². The van der Waals surface area contributed by atoms with Gasteiger partial charge in [0.2, 0.25) is 5.82 Å². The summed E-state index contributed by atoms with van der Waals surface area (Å²) in [6.45, 7) is 3.46. The first-order valence-electron chi connectivity index (χ1n) is 8.96. The summed E-state index contributed by atoms with van der Waals surface area (Å²) < 4.78 is 39.7. The molecule has 0 unspecified atom stereocenters. The van der Waals surface area contributed by atoms with E-state index >= 15 is 0 Å². The van der Waals surface area contributed by atoms with Crippen LogP contribution in [0.3, 0.4) is 0 Å². The molecule has 0 bridgehead atoms. The Morgan fingerprint density at radius 1 is 0.893 bits per heavy atom. The molecule has 146 valence electrons. The molecule has 2 heterocycles. The summed E-state index contributed by atoms with van der Waals surface area (Å²) in [5.41, 5.74) is 1.47. The number of rotatable bonds is 3. The minimum Gasteiger partial charge on any atom is -0.353 e. The maximum absolute atomic E-state index is 13.2. The number of benzene rings is 2. The van der Waals surface area contributed by atoms with Crippen LogP contribution in [0.4, 0.5) is 19.0 Å². The molecule has 0 atom stereocenters. The van der Waals surface area contributed by atoms with Gasteiger partial charge in [0.05, 0.1) is 5.52 Å². The van der Waals surface area contributed by atoms with Gasteiger partial charge in [-0.25, -0.2) is 9.97 Å². The Bertz CT molecular complexity index is 967. The van der Waals surface area contributed by atoms with Crippen molar-refractivity contribution in [3.8, 4) is 0 Å². The van der Waals surface area contributed by atoms with E-state index in [0.717, 1.165) is 25.2 Å². The highest BCUT2D eigenvalue weighted by molar-refractivity contribution is 6.30. The molecule has 1 saturated heterocycles. The molecule has 4 nitrogen and oxygen atoms in total. The van der Waals surface area contributed by atoms with Gasteiger partial charge in [0, 0.05) is 43.1 Å². The summed E-state index contributed by atoms with van der Waals surface area (Å²) in [4.78, 5) is 11.8. The number of anilines is 1. The highest BCUT2D eigenvalue weighted by Crippen LogP contribution is 2.32. The molecule has 0 aliphatic carbocycles. The van der Waals surface area contributed by atoms with Gasteiger partial charge in [0.1, 0.15) is 5.82 Å². The van der Waals surface area contributed by atoms with Gasteiger partial charge in [-0.1, -0.05) is 35.9 Å². The third-order valence-corrected chi connectivity index (χ3v) is 5.08. The number of halogens is 4. The Balaban J connectivity index is 1.54. The lowest BCUT2D eigenvalue weighted by molar-refractivity contribution is -0.144. The average Bonchev–Trinajstić information content (AvgIpc) is 2.69. The number of nitrogens with zero attached hydrogens (tertiary/aromatic N) is 4. The molecule has 0 N–H and O–H groups in total. The van der Waals surface area contributed by atoms with Crippen molar-refractivity contribution in [2.24, 2.45) is 0 Å². The van der Waals surface area contributed by atoms with Crippen molar-refractivity contribution in [3.05, 3.63) is 64.9 Å². The molecule has 0 amide bonds. The van der Waals surface area contributed by atoms with Gasteiger partial charge < -0.3 is 4.90 Å². The van der Waals surface area contributed by atoms with E-state index in [1.165, 1.54) is 0 Å². The number of aromatic nitrogens is 2. The summed E-state index contributed by atoms with van der Waals surface area (Å²) in [5, 5.41) is 1.34. The largest absolute Gasteiger partial charge is 0.451 e. The first-order chi connectivity index (χ1) is 13.4. The van der Waals surface area contributed by atoms with E-state index in [0.29, 0.717) is 34.8 Å². The molecule has 3 aromatic rings. The molecule has 2 aromatic carbocycles. The third-order valence-electron chi connectivity index (χ3n) is 4.83. The number of para-hydroxylation sites is 1. The molecule has 0 radical (unpaired) electrons. The van der Waals surface area contributed by atoms with Crippen LogP contribution in [0.1, 0.15) is 11.4 Å². The van der Waals surface area contributed by atoms with Crippen LogP contribution in [0, 0.1) is 0 Å². The quantitative estimate of drug-likeness (QED) is 0.635. The standard InChI is InChI=1S/C20H18ClF3N4/c21-15-7-5-14(6-8-15)13-27-9-11-28(12-10-27)18-16-3-1-2-4-17(16)25-19(26-18)20(22,23)24/h1-8H,9-13H2. The highest BCUT2D eigenvalue weighted by atomic mass is 35.5. The summed E-state index contributed by atoms with van der Waals surface area (Å²) in [6.07, 6.45) is -4.57. The van der Waals surface area contributed by atoms with Crippen LogP contribution in [-0.2, 0) is 12.7 Å². The van der Waals surface area contributed by atoms with Crippen molar-refractivity contribution in [2.45, 2.75) is 12.7 Å². The van der Waals surface area contributed by atoms with Gasteiger partial charge >= 0.3 is 6.18 Å². The maximum atomic E-state index is 13.2. The topological polar surface area (TPSA) is 32.3 Å². The first kappa shape index (κ1) is 19.0. The van der Waals surface area contributed by atoms with Crippen LogP contribution in [0.2, 0.25) is 5.02 Å².